The molecule has 293 valence electrons. The molecule has 9 nitrogen and oxygen atoms in total. The molecule has 6 aromatic carbocycles. The molecular weight excluding hydrogens is 800 g/mol. The van der Waals surface area contributed by atoms with Gasteiger partial charge in [-0.2, -0.15) is 0 Å². The maximum absolute atomic E-state index is 11.5. The summed E-state index contributed by atoms with van der Waals surface area (Å²) in [6.07, 6.45) is 7.39. The van der Waals surface area contributed by atoms with Crippen molar-refractivity contribution in [3.63, 3.8) is 0 Å². The van der Waals surface area contributed by atoms with Gasteiger partial charge in [0.1, 0.15) is 30.4 Å². The quantitative estimate of drug-likeness (QED) is 0.0860. The first-order chi connectivity index (χ1) is 25.6. The van der Waals surface area contributed by atoms with Gasteiger partial charge >= 0.3 is 17.1 Å². The van der Waals surface area contributed by atoms with Crippen LogP contribution in [0.2, 0.25) is 0 Å². The van der Waals surface area contributed by atoms with Gasteiger partial charge in [0, 0.05) is 0 Å². The first kappa shape index (κ1) is 45.7. The van der Waals surface area contributed by atoms with Gasteiger partial charge in [-0.3, -0.25) is 0 Å². The molecule has 6 rings (SSSR count). The first-order valence-corrected chi connectivity index (χ1v) is 22.2. The monoisotopic (exact) mass is 845 g/mol. The van der Waals surface area contributed by atoms with Gasteiger partial charge in [0.05, 0.1) is 14.7 Å². The van der Waals surface area contributed by atoms with E-state index in [0.717, 1.165) is 54.7 Å². The van der Waals surface area contributed by atoms with Crippen molar-refractivity contribution in [3.8, 4) is 0 Å². The van der Waals surface area contributed by atoms with E-state index in [1.54, 1.807) is 54.6 Å². The fourth-order valence-corrected chi connectivity index (χ4v) is 9.28. The van der Waals surface area contributed by atoms with Crippen LogP contribution in [0.15, 0.2) is 124 Å². The average molecular weight is 846 g/mol. The van der Waals surface area contributed by atoms with E-state index in [1.807, 2.05) is 75.4 Å². The molecule has 1 radical (unpaired) electrons. The molecule has 0 aliphatic carbocycles. The molecule has 6 aromatic rings. The van der Waals surface area contributed by atoms with Crippen molar-refractivity contribution in [1.82, 2.24) is 0 Å². The maximum Gasteiger partial charge on any atom is 3.00 e. The number of rotatable bonds is 12. The summed E-state index contributed by atoms with van der Waals surface area (Å²) in [5.41, 5.74) is 1.89. The Balaban J connectivity index is 0.000000220. The molecule has 0 aliphatic heterocycles. The summed E-state index contributed by atoms with van der Waals surface area (Å²) < 4.78 is 103. The minimum absolute atomic E-state index is 0. The summed E-state index contributed by atoms with van der Waals surface area (Å²) in [7, 11) is -13.3. The molecule has 0 N–H and O–H groups in total. The number of hydrogen-bond donors (Lipinski definition) is 0. The van der Waals surface area contributed by atoms with Crippen LogP contribution in [0.25, 0.3) is 32.3 Å². The molecule has 0 heterocycles. The van der Waals surface area contributed by atoms with E-state index in [2.05, 4.69) is 0 Å². The number of hydrogen-bond acceptors (Lipinski definition) is 9. The van der Waals surface area contributed by atoms with Gasteiger partial charge in [0.25, 0.3) is 0 Å². The number of aryl methyl sites for hydroxylation is 3. The smallest absolute Gasteiger partial charge is 0.744 e. The Morgan fingerprint density at radius 1 is 0.382 bits per heavy atom. The van der Waals surface area contributed by atoms with Crippen molar-refractivity contribution in [2.45, 2.75) is 93.2 Å². The zero-order chi connectivity index (χ0) is 39.5. The Kier molecular flexibility index (Phi) is 17.0. The molecule has 13 heteroatoms. The van der Waals surface area contributed by atoms with Crippen LogP contribution in [0.3, 0.4) is 0 Å². The number of benzene rings is 6. The predicted molar refractivity (Wildman–Crippen MR) is 212 cm³/mol. The van der Waals surface area contributed by atoms with Crippen molar-refractivity contribution < 1.29 is 56.0 Å². The molecule has 0 bridgehead atoms. The van der Waals surface area contributed by atoms with E-state index in [1.165, 1.54) is 0 Å². The Morgan fingerprint density at radius 3 is 0.836 bits per heavy atom. The second kappa shape index (κ2) is 20.5. The summed E-state index contributed by atoms with van der Waals surface area (Å²) in [5, 5.41) is 3.94. The molecule has 0 saturated carbocycles. The summed E-state index contributed by atoms with van der Waals surface area (Å²) in [6.45, 7) is 6.10. The van der Waals surface area contributed by atoms with E-state index in [4.69, 9.17) is 0 Å². The SMILES string of the molecule is CCCCc1ccc2ccccc2c1S(=O)(=O)[O-].CCCCc1ccc2ccccc2c1S(=O)(=O)[O-].CCCCc1ccc2ccccc2c1S(=O)(=O)[O-].[Fe+3]. The average Bonchev–Trinajstić information content (AvgIpc) is 3.13. The van der Waals surface area contributed by atoms with E-state index >= 15 is 0 Å². The van der Waals surface area contributed by atoms with Gasteiger partial charge in [-0.1, -0.05) is 149 Å². The van der Waals surface area contributed by atoms with Crippen LogP contribution < -0.4 is 0 Å². The second-order valence-electron chi connectivity index (χ2n) is 13.0. The molecule has 0 atom stereocenters. The first-order valence-electron chi connectivity index (χ1n) is 18.0. The van der Waals surface area contributed by atoms with E-state index in [9.17, 15) is 38.9 Å². The standard InChI is InChI=1S/3C14H16O3S.Fe/c3*1-2-3-6-12-10-9-11-7-4-5-8-13(11)14(12)18(15,16)17;/h3*4-5,7-10H,2-3,6H2,1H3,(H,15,16,17);/q;;;+3/p-3. The van der Waals surface area contributed by atoms with Crippen molar-refractivity contribution in [2.75, 3.05) is 0 Å². The van der Waals surface area contributed by atoms with Gasteiger partial charge in [-0.15, -0.1) is 0 Å². The largest absolute Gasteiger partial charge is 3.00 e. The summed E-state index contributed by atoms with van der Waals surface area (Å²) in [5.74, 6) is 0. The van der Waals surface area contributed by atoms with Crippen LogP contribution in [0.4, 0.5) is 0 Å². The Bertz CT molecular complexity index is 2270. The van der Waals surface area contributed by atoms with Gasteiger partial charge in [-0.25, -0.2) is 25.3 Å². The Labute approximate surface area is 335 Å². The van der Waals surface area contributed by atoms with Crippen molar-refractivity contribution in [1.29, 1.82) is 0 Å². The van der Waals surface area contributed by atoms with Crippen LogP contribution in [-0.2, 0) is 66.7 Å². The zero-order valence-corrected chi connectivity index (χ0v) is 34.6. The molecule has 0 amide bonds. The molecule has 0 saturated heterocycles. The van der Waals surface area contributed by atoms with Crippen molar-refractivity contribution in [2.24, 2.45) is 0 Å². The second-order valence-corrected chi connectivity index (χ2v) is 16.9. The van der Waals surface area contributed by atoms with Gasteiger partial charge in [0.15, 0.2) is 0 Å². The molecule has 0 aromatic heterocycles. The normalized spacial score (nSPS) is 11.7. The van der Waals surface area contributed by atoms with Crippen LogP contribution >= 0.6 is 0 Å². The maximum atomic E-state index is 11.5. The molecule has 0 fully saturated rings. The minimum atomic E-state index is -4.44. The third kappa shape index (κ3) is 12.2. The Hall–Kier alpha value is -3.65. The summed E-state index contributed by atoms with van der Waals surface area (Å²) >= 11 is 0. The zero-order valence-electron chi connectivity index (χ0n) is 31.0. The van der Waals surface area contributed by atoms with Crippen LogP contribution in [-0.4, -0.2) is 38.9 Å². The van der Waals surface area contributed by atoms with E-state index in [0.29, 0.717) is 52.1 Å². The van der Waals surface area contributed by atoms with Crippen LogP contribution in [0.5, 0.6) is 0 Å². The van der Waals surface area contributed by atoms with Gasteiger partial charge in [-0.05, 0) is 87.5 Å². The number of fused-ring (bicyclic) bond motifs is 3. The van der Waals surface area contributed by atoms with Crippen LogP contribution in [0, 0.1) is 0 Å². The minimum Gasteiger partial charge on any atom is -0.744 e. The van der Waals surface area contributed by atoms with Crippen LogP contribution in [0.1, 0.15) is 76.0 Å². The summed E-state index contributed by atoms with van der Waals surface area (Å²) in [6, 6.07) is 32.1. The Morgan fingerprint density at radius 2 is 0.618 bits per heavy atom. The van der Waals surface area contributed by atoms with Gasteiger partial charge < -0.3 is 13.7 Å². The van der Waals surface area contributed by atoms with Gasteiger partial charge in [0.2, 0.25) is 0 Å². The van der Waals surface area contributed by atoms with E-state index < -0.39 is 30.4 Å². The number of unbranched alkanes of at least 4 members (excludes halogenated alkanes) is 3. The predicted octanol–water partition coefficient (Wildman–Crippen LogP) is 9.26. The van der Waals surface area contributed by atoms with Crippen molar-refractivity contribution >= 4 is 62.7 Å². The molecule has 0 unspecified atom stereocenters. The summed E-state index contributed by atoms with van der Waals surface area (Å²) in [4.78, 5) is -0.142. The fourth-order valence-electron chi connectivity index (χ4n) is 6.44. The topological polar surface area (TPSA) is 172 Å². The fraction of sp³-hybridized carbons (Fsp3) is 0.286. The van der Waals surface area contributed by atoms with Crippen molar-refractivity contribution in [3.05, 3.63) is 126 Å². The van der Waals surface area contributed by atoms with E-state index in [-0.39, 0.29) is 31.8 Å². The molecule has 0 aliphatic rings. The molecular formula is C42H45FeO9S3. The molecule has 0 spiro atoms. The third-order valence-corrected chi connectivity index (χ3v) is 12.0. The third-order valence-electron chi connectivity index (χ3n) is 9.03. The molecule has 55 heavy (non-hydrogen) atoms.